The predicted octanol–water partition coefficient (Wildman–Crippen LogP) is 2.06. The van der Waals surface area contributed by atoms with Gasteiger partial charge in [0.2, 0.25) is 0 Å². The highest BCUT2D eigenvalue weighted by Crippen LogP contribution is 2.23. The smallest absolute Gasteiger partial charge is 0.326 e. The lowest BCUT2D eigenvalue weighted by Gasteiger charge is -2.20. The van der Waals surface area contributed by atoms with Crippen LogP contribution < -0.4 is 0 Å². The SMILES string of the molecule is CC(C(=O)O)N(C)C(=O)c1ccc(Br)s1. The second-order valence-electron chi connectivity index (χ2n) is 3.03. The molecule has 0 saturated carbocycles. The van der Waals surface area contributed by atoms with E-state index in [1.54, 1.807) is 12.1 Å². The van der Waals surface area contributed by atoms with E-state index in [0.717, 1.165) is 3.79 Å². The molecular formula is C9H10BrNO3S. The Hall–Kier alpha value is -0.880. The minimum Gasteiger partial charge on any atom is -0.480 e. The number of hydrogen-bond acceptors (Lipinski definition) is 3. The summed E-state index contributed by atoms with van der Waals surface area (Å²) in [4.78, 5) is 24.2. The fourth-order valence-electron chi connectivity index (χ4n) is 0.945. The van der Waals surface area contributed by atoms with Crippen LogP contribution >= 0.6 is 27.3 Å². The number of rotatable bonds is 3. The van der Waals surface area contributed by atoms with Crippen molar-refractivity contribution in [2.75, 3.05) is 7.05 Å². The standard InChI is InChI=1S/C9H10BrNO3S/c1-5(9(13)14)11(2)8(12)6-3-4-7(10)15-6/h3-5H,1-2H3,(H,13,14). The zero-order valence-electron chi connectivity index (χ0n) is 8.23. The Balaban J connectivity index is 2.81. The molecule has 1 aromatic rings. The van der Waals surface area contributed by atoms with Crippen molar-refractivity contribution in [1.82, 2.24) is 4.90 Å². The van der Waals surface area contributed by atoms with Crippen molar-refractivity contribution < 1.29 is 14.7 Å². The summed E-state index contributed by atoms with van der Waals surface area (Å²) in [5.41, 5.74) is 0. The summed E-state index contributed by atoms with van der Waals surface area (Å²) in [7, 11) is 1.48. The molecule has 0 aromatic carbocycles. The number of halogens is 1. The topological polar surface area (TPSA) is 57.6 Å². The number of nitrogens with zero attached hydrogens (tertiary/aromatic N) is 1. The number of carbonyl (C=O) groups excluding carboxylic acids is 1. The molecule has 0 fully saturated rings. The highest BCUT2D eigenvalue weighted by molar-refractivity contribution is 9.11. The van der Waals surface area contributed by atoms with Gasteiger partial charge in [-0.15, -0.1) is 11.3 Å². The van der Waals surface area contributed by atoms with Crippen LogP contribution in [0.4, 0.5) is 0 Å². The second kappa shape index (κ2) is 4.76. The van der Waals surface area contributed by atoms with Gasteiger partial charge < -0.3 is 10.0 Å². The first-order valence-electron chi connectivity index (χ1n) is 4.18. The predicted molar refractivity (Wildman–Crippen MR) is 61.2 cm³/mol. The number of thiophene rings is 1. The maximum Gasteiger partial charge on any atom is 0.326 e. The zero-order valence-corrected chi connectivity index (χ0v) is 10.6. The maximum atomic E-state index is 11.8. The van der Waals surface area contributed by atoms with Gasteiger partial charge in [0, 0.05) is 7.05 Å². The highest BCUT2D eigenvalue weighted by Gasteiger charge is 2.23. The van der Waals surface area contributed by atoms with Crippen molar-refractivity contribution in [1.29, 1.82) is 0 Å². The molecule has 6 heteroatoms. The molecule has 1 aromatic heterocycles. The minimum absolute atomic E-state index is 0.277. The number of amides is 1. The molecule has 0 bridgehead atoms. The lowest BCUT2D eigenvalue weighted by Crippen LogP contribution is -2.39. The Morgan fingerprint density at radius 2 is 2.13 bits per heavy atom. The Morgan fingerprint density at radius 1 is 1.53 bits per heavy atom. The molecule has 1 rings (SSSR count). The fraction of sp³-hybridized carbons (Fsp3) is 0.333. The molecule has 1 N–H and O–H groups in total. The van der Waals surface area contributed by atoms with Gasteiger partial charge in [-0.25, -0.2) is 4.79 Å². The van der Waals surface area contributed by atoms with Crippen LogP contribution in [-0.4, -0.2) is 35.0 Å². The van der Waals surface area contributed by atoms with Crippen LogP contribution in [0.5, 0.6) is 0 Å². The van der Waals surface area contributed by atoms with E-state index in [2.05, 4.69) is 15.9 Å². The van der Waals surface area contributed by atoms with E-state index in [-0.39, 0.29) is 5.91 Å². The maximum absolute atomic E-state index is 11.8. The van der Waals surface area contributed by atoms with Crippen LogP contribution in [0.3, 0.4) is 0 Å². The third-order valence-corrected chi connectivity index (χ3v) is 3.65. The van der Waals surface area contributed by atoms with E-state index in [1.165, 1.54) is 30.2 Å². The molecule has 1 heterocycles. The number of carboxylic acid groups (broad SMARTS) is 1. The van der Waals surface area contributed by atoms with Gasteiger partial charge in [-0.05, 0) is 35.0 Å². The summed E-state index contributed by atoms with van der Waals surface area (Å²) in [5.74, 6) is -1.29. The molecule has 4 nitrogen and oxygen atoms in total. The molecule has 1 atom stereocenters. The number of hydrogen-bond donors (Lipinski definition) is 1. The molecule has 15 heavy (non-hydrogen) atoms. The van der Waals surface area contributed by atoms with Gasteiger partial charge in [0.15, 0.2) is 0 Å². The summed E-state index contributed by atoms with van der Waals surface area (Å²) >= 11 is 4.53. The van der Waals surface area contributed by atoms with Crippen molar-refractivity contribution in [2.24, 2.45) is 0 Å². The normalized spacial score (nSPS) is 12.2. The molecule has 0 radical (unpaired) electrons. The van der Waals surface area contributed by atoms with Gasteiger partial charge in [0.1, 0.15) is 6.04 Å². The van der Waals surface area contributed by atoms with E-state index < -0.39 is 12.0 Å². The monoisotopic (exact) mass is 291 g/mol. The highest BCUT2D eigenvalue weighted by atomic mass is 79.9. The lowest BCUT2D eigenvalue weighted by molar-refractivity contribution is -0.141. The third kappa shape index (κ3) is 2.79. The molecule has 1 amide bonds. The number of carboxylic acids is 1. The summed E-state index contributed by atoms with van der Waals surface area (Å²) in [6, 6.07) is 2.61. The van der Waals surface area contributed by atoms with Gasteiger partial charge >= 0.3 is 5.97 Å². The van der Waals surface area contributed by atoms with E-state index in [9.17, 15) is 9.59 Å². The first-order chi connectivity index (χ1) is 6.93. The van der Waals surface area contributed by atoms with Crippen LogP contribution in [0.25, 0.3) is 0 Å². The quantitative estimate of drug-likeness (QED) is 0.927. The molecule has 82 valence electrons. The van der Waals surface area contributed by atoms with Crippen molar-refractivity contribution in [3.63, 3.8) is 0 Å². The number of aliphatic carboxylic acids is 1. The molecule has 0 aliphatic carbocycles. The largest absolute Gasteiger partial charge is 0.480 e. The minimum atomic E-state index is -1.01. The molecule has 0 aliphatic rings. The van der Waals surface area contributed by atoms with Crippen molar-refractivity contribution >= 4 is 39.1 Å². The van der Waals surface area contributed by atoms with E-state index in [0.29, 0.717) is 4.88 Å². The Morgan fingerprint density at radius 3 is 2.53 bits per heavy atom. The Labute approximate surface area is 99.6 Å². The Kier molecular flexibility index (Phi) is 3.87. The average molecular weight is 292 g/mol. The van der Waals surface area contributed by atoms with Crippen LogP contribution in [0.15, 0.2) is 15.9 Å². The van der Waals surface area contributed by atoms with E-state index in [4.69, 9.17) is 5.11 Å². The van der Waals surface area contributed by atoms with Gasteiger partial charge in [0.05, 0.1) is 8.66 Å². The molecule has 1 unspecified atom stereocenters. The zero-order chi connectivity index (χ0) is 11.6. The van der Waals surface area contributed by atoms with Gasteiger partial charge in [0.25, 0.3) is 5.91 Å². The van der Waals surface area contributed by atoms with Gasteiger partial charge in [-0.2, -0.15) is 0 Å². The van der Waals surface area contributed by atoms with Gasteiger partial charge in [-0.1, -0.05) is 0 Å². The summed E-state index contributed by atoms with van der Waals surface area (Å²) < 4.78 is 0.849. The third-order valence-electron chi connectivity index (χ3n) is 2.04. The van der Waals surface area contributed by atoms with Crippen molar-refractivity contribution in [3.8, 4) is 0 Å². The summed E-state index contributed by atoms with van der Waals surface area (Å²) in [6.45, 7) is 1.48. The number of likely N-dealkylation sites (N-methyl/N-ethyl adjacent to an activating group) is 1. The first kappa shape index (κ1) is 12.2. The summed E-state index contributed by atoms with van der Waals surface area (Å²) in [5, 5.41) is 8.75. The van der Waals surface area contributed by atoms with Crippen LogP contribution in [0, 0.1) is 0 Å². The lowest BCUT2D eigenvalue weighted by atomic mass is 10.3. The van der Waals surface area contributed by atoms with Crippen LogP contribution in [0.2, 0.25) is 0 Å². The fourth-order valence-corrected chi connectivity index (χ4v) is 2.31. The summed E-state index contributed by atoms with van der Waals surface area (Å²) in [6.07, 6.45) is 0. The second-order valence-corrected chi connectivity index (χ2v) is 5.50. The molecule has 0 saturated heterocycles. The van der Waals surface area contributed by atoms with Gasteiger partial charge in [-0.3, -0.25) is 4.79 Å². The average Bonchev–Trinajstić information content (AvgIpc) is 2.61. The van der Waals surface area contributed by atoms with Crippen LogP contribution in [-0.2, 0) is 4.79 Å². The molecule has 0 spiro atoms. The molecular weight excluding hydrogens is 282 g/mol. The van der Waals surface area contributed by atoms with E-state index >= 15 is 0 Å². The number of carbonyl (C=O) groups is 2. The van der Waals surface area contributed by atoms with E-state index in [1.807, 2.05) is 0 Å². The Bertz CT molecular complexity index is 390. The van der Waals surface area contributed by atoms with Crippen molar-refractivity contribution in [2.45, 2.75) is 13.0 Å². The van der Waals surface area contributed by atoms with Crippen LogP contribution in [0.1, 0.15) is 16.6 Å². The first-order valence-corrected chi connectivity index (χ1v) is 5.79. The molecule has 0 aliphatic heterocycles. The van der Waals surface area contributed by atoms with Crippen molar-refractivity contribution in [3.05, 3.63) is 20.8 Å².